The van der Waals surface area contributed by atoms with Crippen molar-refractivity contribution < 1.29 is 22.9 Å². The number of halogens is 2. The largest absolute Gasteiger partial charge is 0.457 e. The van der Waals surface area contributed by atoms with Crippen molar-refractivity contribution in [2.24, 2.45) is 0 Å². The van der Waals surface area contributed by atoms with Gasteiger partial charge < -0.3 is 4.74 Å². The molecule has 0 saturated heterocycles. The standard InChI is InChI=1S/C15H11Cl2NO6S/c1-25(22,23)14-5-3-9(6-13(14)18(20)21)15(19)24-8-10-2-4-11(16)7-12(10)17/h2-7H,8H2,1H3. The zero-order valence-corrected chi connectivity index (χ0v) is 15.1. The molecule has 25 heavy (non-hydrogen) atoms. The summed E-state index contributed by atoms with van der Waals surface area (Å²) in [4.78, 5) is 21.8. The monoisotopic (exact) mass is 403 g/mol. The lowest BCUT2D eigenvalue weighted by atomic mass is 10.2. The summed E-state index contributed by atoms with van der Waals surface area (Å²) < 4.78 is 28.2. The number of hydrogen-bond donors (Lipinski definition) is 0. The fourth-order valence-corrected chi connectivity index (χ4v) is 3.26. The normalized spacial score (nSPS) is 11.2. The first-order valence-electron chi connectivity index (χ1n) is 6.69. The van der Waals surface area contributed by atoms with Gasteiger partial charge in [0.1, 0.15) is 11.5 Å². The third kappa shape index (κ3) is 4.68. The van der Waals surface area contributed by atoms with Gasteiger partial charge in [0.25, 0.3) is 5.69 Å². The molecule has 0 aliphatic carbocycles. The average molecular weight is 404 g/mol. The van der Waals surface area contributed by atoms with Gasteiger partial charge >= 0.3 is 5.97 Å². The van der Waals surface area contributed by atoms with Crippen LogP contribution in [0.3, 0.4) is 0 Å². The van der Waals surface area contributed by atoms with E-state index < -0.39 is 31.3 Å². The fourth-order valence-electron chi connectivity index (χ4n) is 1.97. The highest BCUT2D eigenvalue weighted by Crippen LogP contribution is 2.26. The molecule has 2 rings (SSSR count). The predicted octanol–water partition coefficient (Wildman–Crippen LogP) is 3.66. The maximum atomic E-state index is 12.1. The third-order valence-corrected chi connectivity index (χ3v) is 4.90. The van der Waals surface area contributed by atoms with E-state index >= 15 is 0 Å². The van der Waals surface area contributed by atoms with Gasteiger partial charge in [-0.3, -0.25) is 10.1 Å². The minimum Gasteiger partial charge on any atom is -0.457 e. The molecule has 0 unspecified atom stereocenters. The Labute approximate surface area is 153 Å². The van der Waals surface area contributed by atoms with Gasteiger partial charge in [0, 0.05) is 27.9 Å². The fraction of sp³-hybridized carbons (Fsp3) is 0.133. The summed E-state index contributed by atoms with van der Waals surface area (Å²) in [5, 5.41) is 11.8. The Morgan fingerprint density at radius 3 is 2.44 bits per heavy atom. The molecule has 0 amide bonds. The molecule has 0 bridgehead atoms. The molecule has 0 heterocycles. The number of ether oxygens (including phenoxy) is 1. The first-order chi connectivity index (χ1) is 11.6. The SMILES string of the molecule is CS(=O)(=O)c1ccc(C(=O)OCc2ccc(Cl)cc2Cl)cc1[N+](=O)[O-]. The van der Waals surface area contributed by atoms with E-state index in [0.29, 0.717) is 15.6 Å². The van der Waals surface area contributed by atoms with Crippen LogP contribution in [0.5, 0.6) is 0 Å². The molecule has 10 heteroatoms. The Morgan fingerprint density at radius 1 is 1.20 bits per heavy atom. The zero-order chi connectivity index (χ0) is 18.8. The van der Waals surface area contributed by atoms with Crippen molar-refractivity contribution in [2.45, 2.75) is 11.5 Å². The van der Waals surface area contributed by atoms with Crippen LogP contribution in [-0.2, 0) is 21.2 Å². The summed E-state index contributed by atoms with van der Waals surface area (Å²) in [6.45, 7) is -0.170. The van der Waals surface area contributed by atoms with Crippen molar-refractivity contribution >= 4 is 44.7 Å². The number of rotatable bonds is 5. The molecule has 0 radical (unpaired) electrons. The first kappa shape index (κ1) is 19.2. The molecule has 0 aromatic heterocycles. The molecule has 0 spiro atoms. The number of hydrogen-bond acceptors (Lipinski definition) is 6. The van der Waals surface area contributed by atoms with Crippen LogP contribution >= 0.6 is 23.2 Å². The maximum Gasteiger partial charge on any atom is 0.338 e. The number of nitrogens with zero attached hydrogens (tertiary/aromatic N) is 1. The van der Waals surface area contributed by atoms with E-state index in [0.717, 1.165) is 24.5 Å². The Hall–Kier alpha value is -2.16. The molecular formula is C15H11Cl2NO6S. The van der Waals surface area contributed by atoms with Gasteiger partial charge in [-0.15, -0.1) is 0 Å². The van der Waals surface area contributed by atoms with Gasteiger partial charge in [0.15, 0.2) is 9.84 Å². The van der Waals surface area contributed by atoms with E-state index in [1.54, 1.807) is 12.1 Å². The van der Waals surface area contributed by atoms with Crippen molar-refractivity contribution in [3.8, 4) is 0 Å². The Morgan fingerprint density at radius 2 is 1.88 bits per heavy atom. The van der Waals surface area contributed by atoms with Crippen LogP contribution in [0, 0.1) is 10.1 Å². The van der Waals surface area contributed by atoms with E-state index in [-0.39, 0.29) is 12.2 Å². The number of carbonyl (C=O) groups is 1. The van der Waals surface area contributed by atoms with Gasteiger partial charge in [-0.25, -0.2) is 13.2 Å². The number of sulfone groups is 1. The molecule has 0 fully saturated rings. The van der Waals surface area contributed by atoms with Crippen LogP contribution in [0.25, 0.3) is 0 Å². The van der Waals surface area contributed by atoms with Crippen molar-refractivity contribution in [1.29, 1.82) is 0 Å². The lowest BCUT2D eigenvalue weighted by Crippen LogP contribution is -2.08. The summed E-state index contributed by atoms with van der Waals surface area (Å²) >= 11 is 11.7. The summed E-state index contributed by atoms with van der Waals surface area (Å²) in [6, 6.07) is 7.64. The molecule has 7 nitrogen and oxygen atoms in total. The number of benzene rings is 2. The minimum atomic E-state index is -3.81. The number of nitro groups is 1. The van der Waals surface area contributed by atoms with Gasteiger partial charge in [-0.2, -0.15) is 0 Å². The van der Waals surface area contributed by atoms with E-state index in [9.17, 15) is 23.3 Å². The molecule has 0 saturated carbocycles. The smallest absolute Gasteiger partial charge is 0.338 e. The first-order valence-corrected chi connectivity index (χ1v) is 9.34. The molecule has 0 atom stereocenters. The van der Waals surface area contributed by atoms with Gasteiger partial charge in [-0.1, -0.05) is 29.3 Å². The van der Waals surface area contributed by atoms with Gasteiger partial charge in [0.2, 0.25) is 0 Å². The highest BCUT2D eigenvalue weighted by molar-refractivity contribution is 7.90. The zero-order valence-electron chi connectivity index (χ0n) is 12.7. The molecule has 0 aliphatic rings. The van der Waals surface area contributed by atoms with E-state index in [1.165, 1.54) is 6.07 Å². The van der Waals surface area contributed by atoms with E-state index in [1.807, 2.05) is 0 Å². The number of nitro benzene ring substituents is 1. The second-order valence-electron chi connectivity index (χ2n) is 5.02. The quantitative estimate of drug-likeness (QED) is 0.428. The van der Waals surface area contributed by atoms with Gasteiger partial charge in [0.05, 0.1) is 10.5 Å². The molecule has 132 valence electrons. The highest BCUT2D eigenvalue weighted by atomic mass is 35.5. The number of esters is 1. The molecule has 2 aromatic rings. The molecular weight excluding hydrogens is 393 g/mol. The lowest BCUT2D eigenvalue weighted by Gasteiger charge is -2.08. The van der Waals surface area contributed by atoms with Crippen LogP contribution < -0.4 is 0 Å². The Bertz CT molecular complexity index is 958. The van der Waals surface area contributed by atoms with Crippen LogP contribution in [-0.4, -0.2) is 25.6 Å². The van der Waals surface area contributed by atoms with Crippen molar-refractivity contribution in [3.63, 3.8) is 0 Å². The van der Waals surface area contributed by atoms with Crippen molar-refractivity contribution in [3.05, 3.63) is 67.7 Å². The van der Waals surface area contributed by atoms with Crippen LogP contribution in [0.15, 0.2) is 41.3 Å². The summed E-state index contributed by atoms with van der Waals surface area (Å²) in [7, 11) is -3.81. The van der Waals surface area contributed by atoms with E-state index in [4.69, 9.17) is 27.9 Å². The maximum absolute atomic E-state index is 12.1. The molecule has 0 N–H and O–H groups in total. The summed E-state index contributed by atoms with van der Waals surface area (Å²) in [5.41, 5.74) is -0.340. The topological polar surface area (TPSA) is 104 Å². The van der Waals surface area contributed by atoms with E-state index in [2.05, 4.69) is 0 Å². The van der Waals surface area contributed by atoms with Crippen LogP contribution in [0.4, 0.5) is 5.69 Å². The average Bonchev–Trinajstić information content (AvgIpc) is 2.52. The Balaban J connectivity index is 2.25. The summed E-state index contributed by atoms with van der Waals surface area (Å²) in [6.07, 6.45) is 0.843. The summed E-state index contributed by atoms with van der Waals surface area (Å²) in [5.74, 6) is -0.853. The Kier molecular flexibility index (Phi) is 5.66. The second-order valence-corrected chi connectivity index (χ2v) is 7.85. The van der Waals surface area contributed by atoms with Crippen LogP contribution in [0.1, 0.15) is 15.9 Å². The minimum absolute atomic E-state index is 0.149. The second kappa shape index (κ2) is 7.38. The predicted molar refractivity (Wildman–Crippen MR) is 91.8 cm³/mol. The molecule has 2 aromatic carbocycles. The third-order valence-electron chi connectivity index (χ3n) is 3.16. The number of carbonyl (C=O) groups excluding carboxylic acids is 1. The molecule has 0 aliphatic heterocycles. The van der Waals surface area contributed by atoms with Crippen molar-refractivity contribution in [1.82, 2.24) is 0 Å². The lowest BCUT2D eigenvalue weighted by molar-refractivity contribution is -0.387. The van der Waals surface area contributed by atoms with Crippen LogP contribution in [0.2, 0.25) is 10.0 Å². The highest BCUT2D eigenvalue weighted by Gasteiger charge is 2.24. The van der Waals surface area contributed by atoms with Crippen molar-refractivity contribution in [2.75, 3.05) is 6.26 Å². The van der Waals surface area contributed by atoms with Gasteiger partial charge in [-0.05, 0) is 24.3 Å².